The number of carbonyl (C=O) groups excluding carboxylic acids is 1. The monoisotopic (exact) mass is 337 g/mol. The number of hydrogen-bond acceptors (Lipinski definition) is 4. The molecule has 0 aliphatic heterocycles. The second-order valence-corrected chi connectivity index (χ2v) is 6.54. The van der Waals surface area contributed by atoms with Crippen LogP contribution in [-0.4, -0.2) is 38.9 Å². The molecule has 1 aromatic heterocycles. The number of alkyl carbamates (subject to hydrolysis) is 1. The number of nitrogens with zero attached hydrogens (tertiary/aromatic N) is 2. The molecule has 0 spiro atoms. The number of carboxylic acid groups (broad SMARTS) is 1. The van der Waals surface area contributed by atoms with E-state index in [1.54, 1.807) is 33.2 Å². The maximum atomic E-state index is 11.5. The molecule has 2 N–H and O–H groups in total. The van der Waals surface area contributed by atoms with Gasteiger partial charge in [0.1, 0.15) is 5.60 Å². The molecule has 0 atom stereocenters. The average Bonchev–Trinajstić information content (AvgIpc) is 2.88. The molecule has 0 bridgehead atoms. The van der Waals surface area contributed by atoms with Crippen LogP contribution in [0.1, 0.15) is 52.7 Å². The molecular formula is C17H27N3O4. The summed E-state index contributed by atoms with van der Waals surface area (Å²) < 4.78 is 7.05. The van der Waals surface area contributed by atoms with E-state index in [0.29, 0.717) is 25.1 Å². The highest BCUT2D eigenvalue weighted by Gasteiger charge is 2.15. The zero-order valence-electron chi connectivity index (χ0n) is 14.8. The van der Waals surface area contributed by atoms with Crippen LogP contribution in [0.4, 0.5) is 4.79 Å². The van der Waals surface area contributed by atoms with E-state index in [0.717, 1.165) is 13.0 Å². The molecule has 0 aliphatic carbocycles. The van der Waals surface area contributed by atoms with Crippen molar-refractivity contribution in [3.63, 3.8) is 0 Å². The molecule has 0 aromatic carbocycles. The number of rotatable bonds is 8. The summed E-state index contributed by atoms with van der Waals surface area (Å²) in [6, 6.07) is 0. The quantitative estimate of drug-likeness (QED) is 0.562. The Bertz CT molecular complexity index is 585. The van der Waals surface area contributed by atoms with Crippen molar-refractivity contribution in [2.24, 2.45) is 0 Å². The van der Waals surface area contributed by atoms with Gasteiger partial charge in [0.15, 0.2) is 0 Å². The largest absolute Gasteiger partial charge is 0.478 e. The van der Waals surface area contributed by atoms with Crippen LogP contribution in [-0.2, 0) is 16.1 Å². The number of nitrogens with one attached hydrogen (secondary N) is 1. The number of carboxylic acids is 1. The van der Waals surface area contributed by atoms with Crippen LogP contribution < -0.4 is 5.32 Å². The standard InChI is InChI=1S/C17H27N3O4/c1-5-9-20-11-14(19-12-20)10-13(15(21)22)7-6-8-18-16(23)24-17(2,3)4/h10-12H,5-9H2,1-4H3,(H,18,23)(H,21,22)/b13-10-. The molecule has 0 fully saturated rings. The van der Waals surface area contributed by atoms with Gasteiger partial charge < -0.3 is 19.7 Å². The lowest BCUT2D eigenvalue weighted by Crippen LogP contribution is -2.33. The van der Waals surface area contributed by atoms with E-state index in [1.807, 2.05) is 10.8 Å². The Morgan fingerprint density at radius 2 is 2.12 bits per heavy atom. The van der Waals surface area contributed by atoms with E-state index in [1.165, 1.54) is 0 Å². The van der Waals surface area contributed by atoms with Gasteiger partial charge >= 0.3 is 12.1 Å². The van der Waals surface area contributed by atoms with Gasteiger partial charge in [-0.2, -0.15) is 0 Å². The normalized spacial score (nSPS) is 12.1. The van der Waals surface area contributed by atoms with E-state index in [2.05, 4.69) is 17.2 Å². The summed E-state index contributed by atoms with van der Waals surface area (Å²) >= 11 is 0. The summed E-state index contributed by atoms with van der Waals surface area (Å²) in [5.41, 5.74) is 0.344. The molecule has 134 valence electrons. The number of aromatic nitrogens is 2. The maximum Gasteiger partial charge on any atom is 0.407 e. The average molecular weight is 337 g/mol. The van der Waals surface area contributed by atoms with Gasteiger partial charge in [-0.3, -0.25) is 0 Å². The highest BCUT2D eigenvalue weighted by atomic mass is 16.6. The minimum Gasteiger partial charge on any atom is -0.478 e. The zero-order valence-corrected chi connectivity index (χ0v) is 14.8. The first-order valence-electron chi connectivity index (χ1n) is 8.13. The molecule has 0 unspecified atom stereocenters. The third-order valence-electron chi connectivity index (χ3n) is 3.02. The third-order valence-corrected chi connectivity index (χ3v) is 3.02. The van der Waals surface area contributed by atoms with Crippen LogP contribution in [0.3, 0.4) is 0 Å². The molecule has 1 rings (SSSR count). The van der Waals surface area contributed by atoms with Crippen LogP contribution in [0.15, 0.2) is 18.1 Å². The molecule has 1 amide bonds. The lowest BCUT2D eigenvalue weighted by Gasteiger charge is -2.19. The van der Waals surface area contributed by atoms with Gasteiger partial charge in [0, 0.05) is 24.9 Å². The molecule has 1 heterocycles. The van der Waals surface area contributed by atoms with Crippen molar-refractivity contribution in [1.29, 1.82) is 0 Å². The van der Waals surface area contributed by atoms with Gasteiger partial charge in [-0.15, -0.1) is 0 Å². The van der Waals surface area contributed by atoms with Crippen molar-refractivity contribution in [3.05, 3.63) is 23.8 Å². The fourth-order valence-electron chi connectivity index (χ4n) is 2.04. The molecule has 0 saturated heterocycles. The topological polar surface area (TPSA) is 93.5 Å². The number of carbonyl (C=O) groups is 2. The van der Waals surface area contributed by atoms with Crippen LogP contribution in [0.5, 0.6) is 0 Å². The Balaban J connectivity index is 2.50. The first-order chi connectivity index (χ1) is 11.2. The summed E-state index contributed by atoms with van der Waals surface area (Å²) in [5.74, 6) is -0.975. The molecular weight excluding hydrogens is 310 g/mol. The Kier molecular flexibility index (Phi) is 7.48. The fraction of sp³-hybridized carbons (Fsp3) is 0.588. The lowest BCUT2D eigenvalue weighted by atomic mass is 10.1. The summed E-state index contributed by atoms with van der Waals surface area (Å²) in [6.45, 7) is 8.63. The highest BCUT2D eigenvalue weighted by Crippen LogP contribution is 2.11. The van der Waals surface area contributed by atoms with Crippen LogP contribution in [0.25, 0.3) is 6.08 Å². The molecule has 24 heavy (non-hydrogen) atoms. The number of amides is 1. The zero-order chi connectivity index (χ0) is 18.2. The van der Waals surface area contributed by atoms with Gasteiger partial charge in [-0.1, -0.05) is 6.92 Å². The van der Waals surface area contributed by atoms with Crippen LogP contribution >= 0.6 is 0 Å². The van der Waals surface area contributed by atoms with Crippen molar-refractivity contribution < 1.29 is 19.4 Å². The minimum absolute atomic E-state index is 0.266. The second kappa shape index (κ2) is 9.10. The molecule has 0 saturated carbocycles. The second-order valence-electron chi connectivity index (χ2n) is 6.54. The van der Waals surface area contributed by atoms with Crippen molar-refractivity contribution >= 4 is 18.1 Å². The van der Waals surface area contributed by atoms with Gasteiger partial charge in [0.05, 0.1) is 12.0 Å². The summed E-state index contributed by atoms with van der Waals surface area (Å²) in [5, 5.41) is 11.9. The number of aliphatic carboxylic acids is 1. The van der Waals surface area contributed by atoms with Gasteiger partial charge in [-0.05, 0) is 46.1 Å². The molecule has 0 radical (unpaired) electrons. The SMILES string of the molecule is CCCn1cnc(/C=C(/CCCNC(=O)OC(C)(C)C)C(=O)O)c1. The number of ether oxygens (including phenoxy) is 1. The van der Waals surface area contributed by atoms with Crippen molar-refractivity contribution in [3.8, 4) is 0 Å². The fourth-order valence-corrected chi connectivity index (χ4v) is 2.04. The lowest BCUT2D eigenvalue weighted by molar-refractivity contribution is -0.132. The van der Waals surface area contributed by atoms with Crippen LogP contribution in [0.2, 0.25) is 0 Å². The number of aryl methyl sites for hydroxylation is 1. The maximum absolute atomic E-state index is 11.5. The van der Waals surface area contributed by atoms with Gasteiger partial charge in [-0.25, -0.2) is 14.6 Å². The predicted octanol–water partition coefficient (Wildman–Crippen LogP) is 3.07. The molecule has 0 aliphatic rings. The number of imidazole rings is 1. The van der Waals surface area contributed by atoms with E-state index < -0.39 is 17.7 Å². The van der Waals surface area contributed by atoms with E-state index in [9.17, 15) is 14.7 Å². The Hall–Kier alpha value is -2.31. The van der Waals surface area contributed by atoms with E-state index in [4.69, 9.17) is 4.74 Å². The summed E-state index contributed by atoms with van der Waals surface area (Å²) in [4.78, 5) is 27.0. The van der Waals surface area contributed by atoms with Crippen molar-refractivity contribution in [2.45, 2.75) is 59.1 Å². The summed E-state index contributed by atoms with van der Waals surface area (Å²) in [6.07, 6.45) is 6.42. The van der Waals surface area contributed by atoms with Gasteiger partial charge in [0.25, 0.3) is 0 Å². The molecule has 7 nitrogen and oxygen atoms in total. The van der Waals surface area contributed by atoms with Gasteiger partial charge in [0.2, 0.25) is 0 Å². The van der Waals surface area contributed by atoms with Crippen LogP contribution in [0, 0.1) is 0 Å². The van der Waals surface area contributed by atoms with Crippen molar-refractivity contribution in [2.75, 3.05) is 6.54 Å². The molecule has 1 aromatic rings. The number of hydrogen-bond donors (Lipinski definition) is 2. The van der Waals surface area contributed by atoms with E-state index in [-0.39, 0.29) is 5.57 Å². The Morgan fingerprint density at radius 1 is 1.42 bits per heavy atom. The minimum atomic E-state index is -0.975. The third kappa shape index (κ3) is 7.80. The smallest absolute Gasteiger partial charge is 0.407 e. The first kappa shape index (κ1) is 19.7. The summed E-state index contributed by atoms with van der Waals surface area (Å²) in [7, 11) is 0. The van der Waals surface area contributed by atoms with E-state index >= 15 is 0 Å². The predicted molar refractivity (Wildman–Crippen MR) is 91.6 cm³/mol. The first-order valence-corrected chi connectivity index (χ1v) is 8.13. The Morgan fingerprint density at radius 3 is 2.71 bits per heavy atom. The molecule has 7 heteroatoms. The Labute approximate surface area is 142 Å². The van der Waals surface area contributed by atoms with Crippen molar-refractivity contribution in [1.82, 2.24) is 14.9 Å². The highest BCUT2D eigenvalue weighted by molar-refractivity contribution is 5.91.